The van der Waals surface area contributed by atoms with E-state index in [0.717, 1.165) is 101 Å². The van der Waals surface area contributed by atoms with Gasteiger partial charge in [0.2, 0.25) is 0 Å². The molecule has 0 radical (unpaired) electrons. The van der Waals surface area contributed by atoms with Crippen molar-refractivity contribution in [2.75, 3.05) is 0 Å². The van der Waals surface area contributed by atoms with Crippen molar-refractivity contribution in [1.29, 1.82) is 10.5 Å². The molecule has 0 amide bonds. The molecule has 6 heteroatoms. The molecule has 0 unspecified atom stereocenters. The maximum absolute atomic E-state index is 12.4. The Balaban J connectivity index is 1.22. The molecule has 5 nitrogen and oxygen atoms in total. The summed E-state index contributed by atoms with van der Waals surface area (Å²) in [5.41, 5.74) is 16.7. The first kappa shape index (κ1) is 40.0. The van der Waals surface area contributed by atoms with Crippen LogP contribution in [-0.2, 0) is 11.8 Å². The fourth-order valence-electron chi connectivity index (χ4n) is 12.8. The van der Waals surface area contributed by atoms with E-state index >= 15 is 0 Å². The first-order valence-corrected chi connectivity index (χ1v) is 25.2. The highest BCUT2D eigenvalue weighted by Gasteiger charge is 2.39. The van der Waals surface area contributed by atoms with Crippen molar-refractivity contribution >= 4 is 92.1 Å². The van der Waals surface area contributed by atoms with Gasteiger partial charge in [0.05, 0.1) is 44.6 Å². The number of rotatable bonds is 4. The molecule has 0 fully saturated rings. The van der Waals surface area contributed by atoms with Crippen molar-refractivity contribution in [3.8, 4) is 51.5 Å². The molecule has 4 aromatic heterocycles. The van der Waals surface area contributed by atoms with Crippen LogP contribution in [0.15, 0.2) is 182 Å². The monoisotopic (exact) mass is 923 g/mol. The van der Waals surface area contributed by atoms with Crippen LogP contribution >= 0.6 is 11.3 Å². The number of fused-ring (bicyclic) bond motifs is 16. The highest BCUT2D eigenvalue weighted by molar-refractivity contribution is 7.25. The number of para-hydroxylation sites is 4. The molecule has 2 aliphatic carbocycles. The number of thiophene rings is 1. The maximum Gasteiger partial charge on any atom is 0.104 e. The number of hydrogen-bond donors (Lipinski definition) is 0. The molecule has 0 saturated carbocycles. The van der Waals surface area contributed by atoms with Crippen LogP contribution in [0.3, 0.4) is 0 Å². The van der Waals surface area contributed by atoms with Crippen LogP contribution < -0.4 is 0 Å². The van der Waals surface area contributed by atoms with Gasteiger partial charge < -0.3 is 13.7 Å². The molecule has 0 bridgehead atoms. The standard InChI is InChI=1S/C65H41N5S/c1-65(2)49-24-10-3-22-44(49)60-50(65)32-33-56-61(60)45-23-8-15-29-55(45)70(56)62-47(36-66)63(68-51-25-11-4-17-39(51)40-18-5-12-26-52(40)68)59(38-31-34-58-46(35-38)43-21-9-16-30-57(43)71-58)64(48(62)37-67)69-53-27-13-6-19-41(53)42-20-7-14-28-54(42)69/h3-13,15-27,29-35H,14,28H2,1-2H3. The second-order valence-corrected chi connectivity index (χ2v) is 20.7. The number of benzene rings is 9. The molecule has 332 valence electrons. The maximum atomic E-state index is 12.4. The molecule has 0 aliphatic heterocycles. The minimum atomic E-state index is -0.227. The number of nitrogens with zero attached hydrogens (tertiary/aromatic N) is 5. The molecule has 2 aliphatic rings. The predicted octanol–water partition coefficient (Wildman–Crippen LogP) is 16.9. The van der Waals surface area contributed by atoms with Crippen molar-refractivity contribution in [1.82, 2.24) is 13.7 Å². The van der Waals surface area contributed by atoms with E-state index < -0.39 is 0 Å². The van der Waals surface area contributed by atoms with Gasteiger partial charge in [0.25, 0.3) is 0 Å². The summed E-state index contributed by atoms with van der Waals surface area (Å²) in [7, 11) is 0. The van der Waals surface area contributed by atoms with Gasteiger partial charge in [0, 0.05) is 69.3 Å². The van der Waals surface area contributed by atoms with Crippen LogP contribution in [0.5, 0.6) is 0 Å². The summed E-state index contributed by atoms with van der Waals surface area (Å²) in [6, 6.07) is 68.8. The van der Waals surface area contributed by atoms with Crippen molar-refractivity contribution in [2.24, 2.45) is 0 Å². The lowest BCUT2D eigenvalue weighted by atomic mass is 9.82. The van der Waals surface area contributed by atoms with E-state index in [0.29, 0.717) is 16.8 Å². The molecular formula is C65H41N5S. The molecule has 9 aromatic carbocycles. The summed E-state index contributed by atoms with van der Waals surface area (Å²) >= 11 is 1.79. The van der Waals surface area contributed by atoms with Crippen molar-refractivity contribution < 1.29 is 0 Å². The van der Waals surface area contributed by atoms with Gasteiger partial charge in [0.1, 0.15) is 23.3 Å². The number of allylic oxidation sites excluding steroid dienone is 1. The van der Waals surface area contributed by atoms with E-state index in [1.807, 2.05) is 0 Å². The van der Waals surface area contributed by atoms with Crippen molar-refractivity contribution in [3.63, 3.8) is 0 Å². The number of aromatic nitrogens is 3. The third kappa shape index (κ3) is 5.22. The Morgan fingerprint density at radius 3 is 1.76 bits per heavy atom. The van der Waals surface area contributed by atoms with E-state index in [2.05, 4.69) is 228 Å². The summed E-state index contributed by atoms with van der Waals surface area (Å²) in [4.78, 5) is 0. The molecule has 4 heterocycles. The summed E-state index contributed by atoms with van der Waals surface area (Å²) in [6.07, 6.45) is 6.19. The first-order valence-electron chi connectivity index (χ1n) is 24.4. The van der Waals surface area contributed by atoms with E-state index in [-0.39, 0.29) is 5.41 Å². The third-order valence-electron chi connectivity index (χ3n) is 15.8. The minimum Gasteiger partial charge on any atom is -0.311 e. The highest BCUT2D eigenvalue weighted by atomic mass is 32.1. The van der Waals surface area contributed by atoms with Gasteiger partial charge in [0.15, 0.2) is 0 Å². The fraction of sp³-hybridized carbons (Fsp3) is 0.0769. The Morgan fingerprint density at radius 2 is 1.04 bits per heavy atom. The van der Waals surface area contributed by atoms with Gasteiger partial charge in [-0.25, -0.2) is 0 Å². The topological polar surface area (TPSA) is 62.4 Å². The summed E-state index contributed by atoms with van der Waals surface area (Å²) in [6.45, 7) is 4.64. The van der Waals surface area contributed by atoms with Gasteiger partial charge in [-0.1, -0.05) is 153 Å². The van der Waals surface area contributed by atoms with Gasteiger partial charge >= 0.3 is 0 Å². The molecule has 0 spiro atoms. The molecule has 15 rings (SSSR count). The zero-order chi connectivity index (χ0) is 47.3. The Hall–Kier alpha value is -8.94. The largest absolute Gasteiger partial charge is 0.311 e. The number of hydrogen-bond acceptors (Lipinski definition) is 3. The zero-order valence-electron chi connectivity index (χ0n) is 39.0. The second-order valence-electron chi connectivity index (χ2n) is 19.6. The van der Waals surface area contributed by atoms with Crippen LogP contribution in [0.1, 0.15) is 53.8 Å². The minimum absolute atomic E-state index is 0.227. The second kappa shape index (κ2) is 14.5. The smallest absolute Gasteiger partial charge is 0.104 e. The van der Waals surface area contributed by atoms with Crippen LogP contribution in [0.4, 0.5) is 0 Å². The lowest BCUT2D eigenvalue weighted by Gasteiger charge is -2.27. The summed E-state index contributed by atoms with van der Waals surface area (Å²) < 4.78 is 9.38. The lowest BCUT2D eigenvalue weighted by molar-refractivity contribution is 0.661. The SMILES string of the molecule is CC1(C)c2ccccc2-c2c1ccc1c2c2ccccc2n1-c1c(C#N)c(-n2c3c(c4ccccc42)C=CCC3)c(-c2ccc3sc4ccccc4c3c2)c(-n2c3ccccc3c3ccccc32)c1C#N. The average Bonchev–Trinajstić information content (AvgIpc) is 4.20. The van der Waals surface area contributed by atoms with E-state index in [1.165, 1.54) is 42.6 Å². The predicted molar refractivity (Wildman–Crippen MR) is 295 cm³/mol. The van der Waals surface area contributed by atoms with Gasteiger partial charge in [-0.2, -0.15) is 10.5 Å². The summed E-state index contributed by atoms with van der Waals surface area (Å²) in [5, 5.41) is 32.6. The Morgan fingerprint density at radius 1 is 0.479 bits per heavy atom. The first-order chi connectivity index (χ1) is 35.0. The molecule has 13 aromatic rings. The number of nitriles is 2. The van der Waals surface area contributed by atoms with Crippen LogP contribution in [0.25, 0.3) is 120 Å². The van der Waals surface area contributed by atoms with Gasteiger partial charge in [-0.15, -0.1) is 11.3 Å². The Bertz CT molecular complexity index is 4590. The van der Waals surface area contributed by atoms with Crippen molar-refractivity contribution in [3.05, 3.63) is 216 Å². The average molecular weight is 924 g/mol. The van der Waals surface area contributed by atoms with Crippen LogP contribution in [-0.4, -0.2) is 13.7 Å². The van der Waals surface area contributed by atoms with E-state index in [9.17, 15) is 10.5 Å². The highest BCUT2D eigenvalue weighted by Crippen LogP contribution is 2.55. The molecular weight excluding hydrogens is 883 g/mol. The van der Waals surface area contributed by atoms with E-state index in [1.54, 1.807) is 11.3 Å². The lowest BCUT2D eigenvalue weighted by Crippen LogP contribution is -2.15. The third-order valence-corrected chi connectivity index (χ3v) is 16.9. The van der Waals surface area contributed by atoms with Gasteiger partial charge in [-0.3, -0.25) is 0 Å². The quantitative estimate of drug-likeness (QED) is 0.177. The molecule has 0 atom stereocenters. The molecule has 0 N–H and O–H groups in total. The van der Waals surface area contributed by atoms with Crippen molar-refractivity contribution in [2.45, 2.75) is 32.1 Å². The summed E-state index contributed by atoms with van der Waals surface area (Å²) in [5.74, 6) is 0. The fourth-order valence-corrected chi connectivity index (χ4v) is 13.9. The normalized spacial score (nSPS) is 13.7. The zero-order valence-corrected chi connectivity index (χ0v) is 39.8. The Kier molecular flexibility index (Phi) is 8.19. The van der Waals surface area contributed by atoms with Gasteiger partial charge in [-0.05, 0) is 89.2 Å². The van der Waals surface area contributed by atoms with Crippen LogP contribution in [0.2, 0.25) is 0 Å². The molecule has 71 heavy (non-hydrogen) atoms. The van der Waals surface area contributed by atoms with Crippen LogP contribution in [0, 0.1) is 22.7 Å². The molecule has 0 saturated heterocycles. The van der Waals surface area contributed by atoms with E-state index in [4.69, 9.17) is 0 Å². The Labute approximate surface area is 413 Å².